The van der Waals surface area contributed by atoms with E-state index < -0.39 is 0 Å². The van der Waals surface area contributed by atoms with Crippen molar-refractivity contribution in [2.75, 3.05) is 0 Å². The number of aldehydes is 1. The van der Waals surface area contributed by atoms with Crippen LogP contribution in [0.25, 0.3) is 0 Å². The number of rotatable bonds is 1. The topological polar surface area (TPSA) is 34.1 Å². The second-order valence-electron chi connectivity index (χ2n) is 1.99. The zero-order valence-electron chi connectivity index (χ0n) is 5.33. The molecule has 10 heavy (non-hydrogen) atoms. The lowest BCUT2D eigenvalue weighted by molar-refractivity contribution is -0.104. The molecule has 2 heteroatoms. The van der Waals surface area contributed by atoms with Crippen molar-refractivity contribution in [2.45, 2.75) is 6.42 Å². The molecule has 0 aliphatic heterocycles. The Hall–Kier alpha value is -1.40. The zero-order chi connectivity index (χ0) is 7.40. The van der Waals surface area contributed by atoms with Crippen molar-refractivity contribution >= 4 is 12.2 Å². The highest BCUT2D eigenvalue weighted by Crippen LogP contribution is 2.10. The number of carbonyl (C=O) groups is 1. The van der Waals surface area contributed by atoms with Crippen molar-refractivity contribution in [3.8, 4) is 0 Å². The third-order valence-electron chi connectivity index (χ3n) is 1.30. The zero-order valence-corrected chi connectivity index (χ0v) is 5.33. The third kappa shape index (κ3) is 1.30. The van der Waals surface area contributed by atoms with E-state index in [9.17, 15) is 9.59 Å². The van der Waals surface area contributed by atoms with Gasteiger partial charge in [-0.3, -0.25) is 4.79 Å². The predicted molar refractivity (Wildman–Crippen MR) is 37.1 cm³/mol. The van der Waals surface area contributed by atoms with Gasteiger partial charge in [0.2, 0.25) is 0 Å². The average Bonchev–Trinajstić information content (AvgIpc) is 2.05. The Balaban J connectivity index is 2.81. The average molecular weight is 134 g/mol. The minimum atomic E-state index is 0.522. The van der Waals surface area contributed by atoms with E-state index in [0.717, 1.165) is 6.29 Å². The molecule has 1 rings (SSSR count). The minimum absolute atomic E-state index is 0.522. The summed E-state index contributed by atoms with van der Waals surface area (Å²) in [6.07, 6.45) is 6.20. The molecule has 0 radical (unpaired) electrons. The molecule has 0 amide bonds. The minimum Gasteiger partial charge on any atom is -0.298 e. The van der Waals surface area contributed by atoms with Gasteiger partial charge in [-0.1, -0.05) is 12.2 Å². The van der Waals surface area contributed by atoms with Crippen molar-refractivity contribution in [1.29, 1.82) is 0 Å². The molecule has 0 N–H and O–H groups in total. The van der Waals surface area contributed by atoms with Gasteiger partial charge in [-0.05, 0) is 6.08 Å². The Labute approximate surface area is 58.5 Å². The van der Waals surface area contributed by atoms with Gasteiger partial charge in [0.25, 0.3) is 0 Å². The van der Waals surface area contributed by atoms with Crippen LogP contribution in [-0.4, -0.2) is 12.2 Å². The summed E-state index contributed by atoms with van der Waals surface area (Å²) in [5.41, 5.74) is 1.21. The number of hydrogen-bond donors (Lipinski definition) is 0. The SMILES string of the molecule is O=C=C1C=CC(C=O)=CC1. The van der Waals surface area contributed by atoms with Crippen LogP contribution in [0.2, 0.25) is 0 Å². The number of carbonyl (C=O) groups excluding carboxylic acids is 2. The van der Waals surface area contributed by atoms with Crippen LogP contribution in [0.4, 0.5) is 0 Å². The maximum absolute atomic E-state index is 10.1. The van der Waals surface area contributed by atoms with Crippen LogP contribution in [0.1, 0.15) is 6.42 Å². The third-order valence-corrected chi connectivity index (χ3v) is 1.30. The highest BCUT2D eigenvalue weighted by molar-refractivity contribution is 5.79. The molecule has 0 saturated carbocycles. The van der Waals surface area contributed by atoms with E-state index in [2.05, 4.69) is 0 Å². The highest BCUT2D eigenvalue weighted by Gasteiger charge is 1.98. The van der Waals surface area contributed by atoms with Crippen molar-refractivity contribution < 1.29 is 9.59 Å². The monoisotopic (exact) mass is 134 g/mol. The highest BCUT2D eigenvalue weighted by atomic mass is 16.1. The van der Waals surface area contributed by atoms with Crippen LogP contribution in [0.5, 0.6) is 0 Å². The fraction of sp³-hybridized carbons (Fsp3) is 0.125. The Morgan fingerprint density at radius 2 is 2.30 bits per heavy atom. The Bertz CT molecular complexity index is 252. The molecule has 2 nitrogen and oxygen atoms in total. The molecular weight excluding hydrogens is 128 g/mol. The molecule has 0 unspecified atom stereocenters. The summed E-state index contributed by atoms with van der Waals surface area (Å²) < 4.78 is 0. The summed E-state index contributed by atoms with van der Waals surface area (Å²) >= 11 is 0. The molecule has 0 saturated heterocycles. The lowest BCUT2D eigenvalue weighted by Gasteiger charge is -1.98. The molecule has 0 spiro atoms. The Kier molecular flexibility index (Phi) is 1.98. The molecule has 0 heterocycles. The lowest BCUT2D eigenvalue weighted by atomic mass is 10.0. The van der Waals surface area contributed by atoms with Crippen LogP contribution in [0.3, 0.4) is 0 Å². The first-order valence-corrected chi connectivity index (χ1v) is 2.94. The fourth-order valence-electron chi connectivity index (χ4n) is 0.724. The first kappa shape index (κ1) is 6.72. The molecule has 1 aliphatic carbocycles. The van der Waals surface area contributed by atoms with Crippen molar-refractivity contribution in [2.24, 2.45) is 0 Å². The van der Waals surface area contributed by atoms with Crippen LogP contribution < -0.4 is 0 Å². The van der Waals surface area contributed by atoms with Crippen molar-refractivity contribution in [3.63, 3.8) is 0 Å². The lowest BCUT2D eigenvalue weighted by Crippen LogP contribution is -1.88. The van der Waals surface area contributed by atoms with Gasteiger partial charge in [-0.2, -0.15) is 0 Å². The first-order chi connectivity index (χ1) is 4.86. The second-order valence-corrected chi connectivity index (χ2v) is 1.99. The molecule has 0 aromatic carbocycles. The van der Waals surface area contributed by atoms with E-state index in [0.29, 0.717) is 17.6 Å². The van der Waals surface area contributed by atoms with E-state index in [-0.39, 0.29) is 0 Å². The quantitative estimate of drug-likeness (QED) is 0.393. The number of allylic oxidation sites excluding steroid dienone is 5. The van der Waals surface area contributed by atoms with Gasteiger partial charge in [0.15, 0.2) is 0 Å². The van der Waals surface area contributed by atoms with Crippen LogP contribution in [0, 0.1) is 0 Å². The van der Waals surface area contributed by atoms with Gasteiger partial charge >= 0.3 is 0 Å². The molecule has 0 atom stereocenters. The normalized spacial score (nSPS) is 16.0. The first-order valence-electron chi connectivity index (χ1n) is 2.94. The molecule has 0 bridgehead atoms. The molecule has 0 aromatic heterocycles. The largest absolute Gasteiger partial charge is 0.298 e. The summed E-state index contributed by atoms with van der Waals surface area (Å²) in [6.45, 7) is 0. The van der Waals surface area contributed by atoms with Gasteiger partial charge in [0, 0.05) is 17.6 Å². The Morgan fingerprint density at radius 3 is 2.70 bits per heavy atom. The van der Waals surface area contributed by atoms with Gasteiger partial charge in [-0.15, -0.1) is 0 Å². The van der Waals surface area contributed by atoms with Gasteiger partial charge in [0.1, 0.15) is 12.2 Å². The maximum Gasteiger partial charge on any atom is 0.149 e. The van der Waals surface area contributed by atoms with E-state index in [1.807, 2.05) is 0 Å². The predicted octanol–water partition coefficient (Wildman–Crippen LogP) is 0.830. The molecular formula is C8H6O2. The standard InChI is InChI=1S/C8H6O2/c9-5-7-1-2-8(6-10)4-3-7/h1-3,5H,4H2. The summed E-state index contributed by atoms with van der Waals surface area (Å²) in [5, 5.41) is 0. The van der Waals surface area contributed by atoms with E-state index in [1.54, 1.807) is 24.2 Å². The molecule has 50 valence electrons. The van der Waals surface area contributed by atoms with Gasteiger partial charge in [0.05, 0.1) is 0 Å². The maximum atomic E-state index is 10.1. The van der Waals surface area contributed by atoms with Gasteiger partial charge < -0.3 is 0 Å². The van der Waals surface area contributed by atoms with E-state index in [4.69, 9.17) is 0 Å². The van der Waals surface area contributed by atoms with Gasteiger partial charge in [-0.25, -0.2) is 4.79 Å². The fourth-order valence-corrected chi connectivity index (χ4v) is 0.724. The summed E-state index contributed by atoms with van der Waals surface area (Å²) in [6, 6.07) is 0. The molecule has 1 aliphatic rings. The number of hydrogen-bond acceptors (Lipinski definition) is 2. The van der Waals surface area contributed by atoms with E-state index in [1.165, 1.54) is 0 Å². The smallest absolute Gasteiger partial charge is 0.149 e. The van der Waals surface area contributed by atoms with Crippen LogP contribution in [-0.2, 0) is 9.59 Å². The van der Waals surface area contributed by atoms with Crippen LogP contribution >= 0.6 is 0 Å². The second kappa shape index (κ2) is 2.95. The Morgan fingerprint density at radius 1 is 1.50 bits per heavy atom. The van der Waals surface area contributed by atoms with Crippen LogP contribution in [0.15, 0.2) is 29.4 Å². The summed E-state index contributed by atoms with van der Waals surface area (Å²) in [4.78, 5) is 20.2. The summed E-state index contributed by atoms with van der Waals surface area (Å²) in [7, 11) is 0. The molecule has 0 aromatic rings. The van der Waals surface area contributed by atoms with Crippen molar-refractivity contribution in [1.82, 2.24) is 0 Å². The molecule has 0 fully saturated rings. The summed E-state index contributed by atoms with van der Waals surface area (Å²) in [5.74, 6) is 1.77. The van der Waals surface area contributed by atoms with Crippen molar-refractivity contribution in [3.05, 3.63) is 29.4 Å². The van der Waals surface area contributed by atoms with E-state index >= 15 is 0 Å².